The number of benzene rings is 1. The lowest BCUT2D eigenvalue weighted by Crippen LogP contribution is -2.31. The molecule has 1 aliphatic heterocycles. The average molecular weight is 391 g/mol. The lowest BCUT2D eigenvalue weighted by atomic mass is 10.0. The van der Waals surface area contributed by atoms with Gasteiger partial charge in [-0.1, -0.05) is 28.1 Å². The standard InChI is InChI=1S/C15H20BrO5P/c1-3-19-22(18,20-4-2)13-9-10-14(17)21-15(13)11-5-7-12(16)8-6-11/h5-8,13,15H,3-4,9-10H2,1-2H3/t13-,15+/m1/s1. The Balaban J connectivity index is 2.35. The number of hydrogen-bond donors (Lipinski definition) is 0. The van der Waals surface area contributed by atoms with Gasteiger partial charge in [0.25, 0.3) is 0 Å². The van der Waals surface area contributed by atoms with Gasteiger partial charge in [0.15, 0.2) is 0 Å². The molecule has 5 nitrogen and oxygen atoms in total. The maximum Gasteiger partial charge on any atom is 0.337 e. The molecule has 0 N–H and O–H groups in total. The van der Waals surface area contributed by atoms with Gasteiger partial charge in [-0.05, 0) is 38.0 Å². The van der Waals surface area contributed by atoms with E-state index in [1.807, 2.05) is 24.3 Å². The molecule has 0 radical (unpaired) electrons. The summed E-state index contributed by atoms with van der Waals surface area (Å²) in [6.45, 7) is 4.12. The SMILES string of the molecule is CCOP(=O)(OCC)[C@@H]1CCC(=O)O[C@H]1c1ccc(Br)cc1. The third kappa shape index (κ3) is 3.99. The topological polar surface area (TPSA) is 61.8 Å². The fourth-order valence-electron chi connectivity index (χ4n) is 2.55. The minimum Gasteiger partial charge on any atom is -0.456 e. The predicted molar refractivity (Wildman–Crippen MR) is 86.9 cm³/mol. The minimum absolute atomic E-state index is 0.224. The molecule has 2 rings (SSSR count). The first-order valence-electron chi connectivity index (χ1n) is 7.34. The van der Waals surface area contributed by atoms with Gasteiger partial charge >= 0.3 is 13.6 Å². The minimum atomic E-state index is -3.34. The summed E-state index contributed by atoms with van der Waals surface area (Å²) in [5, 5.41) is 0. The summed E-state index contributed by atoms with van der Waals surface area (Å²) >= 11 is 3.37. The number of carbonyl (C=O) groups excluding carboxylic acids is 1. The van der Waals surface area contributed by atoms with Gasteiger partial charge in [0, 0.05) is 10.9 Å². The fourth-order valence-corrected chi connectivity index (χ4v) is 5.00. The third-order valence-electron chi connectivity index (χ3n) is 3.47. The lowest BCUT2D eigenvalue weighted by Gasteiger charge is -2.35. The second-order valence-electron chi connectivity index (χ2n) is 4.94. The molecule has 2 atom stereocenters. The van der Waals surface area contributed by atoms with E-state index in [1.165, 1.54) is 0 Å². The van der Waals surface area contributed by atoms with Crippen molar-refractivity contribution in [3.8, 4) is 0 Å². The molecule has 0 spiro atoms. The van der Waals surface area contributed by atoms with Crippen LogP contribution >= 0.6 is 23.5 Å². The molecule has 7 heteroatoms. The van der Waals surface area contributed by atoms with Gasteiger partial charge in [-0.3, -0.25) is 9.36 Å². The van der Waals surface area contributed by atoms with Gasteiger partial charge in [-0.15, -0.1) is 0 Å². The van der Waals surface area contributed by atoms with Crippen LogP contribution in [0.5, 0.6) is 0 Å². The lowest BCUT2D eigenvalue weighted by molar-refractivity contribution is -0.154. The predicted octanol–water partition coefficient (Wildman–Crippen LogP) is 4.46. The van der Waals surface area contributed by atoms with Crippen molar-refractivity contribution in [1.29, 1.82) is 0 Å². The van der Waals surface area contributed by atoms with E-state index < -0.39 is 19.4 Å². The molecular formula is C15H20BrO5P. The molecule has 0 unspecified atom stereocenters. The highest BCUT2D eigenvalue weighted by Gasteiger charge is 2.46. The van der Waals surface area contributed by atoms with E-state index in [1.54, 1.807) is 13.8 Å². The summed E-state index contributed by atoms with van der Waals surface area (Å²) in [6, 6.07) is 7.42. The molecule has 1 aromatic carbocycles. The van der Waals surface area contributed by atoms with E-state index >= 15 is 0 Å². The fraction of sp³-hybridized carbons (Fsp3) is 0.533. The second-order valence-corrected chi connectivity index (χ2v) is 8.12. The van der Waals surface area contributed by atoms with Crippen molar-refractivity contribution in [3.05, 3.63) is 34.3 Å². The van der Waals surface area contributed by atoms with Crippen LogP contribution in [0.3, 0.4) is 0 Å². The van der Waals surface area contributed by atoms with Crippen molar-refractivity contribution in [2.45, 2.75) is 38.5 Å². The molecule has 1 aromatic rings. The molecule has 1 saturated heterocycles. The molecule has 0 aromatic heterocycles. The van der Waals surface area contributed by atoms with E-state index in [2.05, 4.69) is 15.9 Å². The van der Waals surface area contributed by atoms with Gasteiger partial charge in [0.05, 0.1) is 13.2 Å². The quantitative estimate of drug-likeness (QED) is 0.529. The van der Waals surface area contributed by atoms with Gasteiger partial charge in [-0.25, -0.2) is 0 Å². The summed E-state index contributed by atoms with van der Waals surface area (Å²) in [4.78, 5) is 11.7. The molecule has 0 bridgehead atoms. The van der Waals surface area contributed by atoms with Crippen LogP contribution in [0.25, 0.3) is 0 Å². The summed E-state index contributed by atoms with van der Waals surface area (Å²) in [5.74, 6) is -0.288. The number of carbonyl (C=O) groups is 1. The maximum atomic E-state index is 13.1. The highest BCUT2D eigenvalue weighted by atomic mass is 79.9. The Morgan fingerprint density at radius 2 is 1.82 bits per heavy atom. The van der Waals surface area contributed by atoms with Gasteiger partial charge in [0.2, 0.25) is 0 Å². The Labute approximate surface area is 139 Å². The summed E-state index contributed by atoms with van der Waals surface area (Å²) < 4.78 is 30.4. The molecule has 1 fully saturated rings. The van der Waals surface area contributed by atoms with Crippen LogP contribution in [-0.4, -0.2) is 24.8 Å². The molecular weight excluding hydrogens is 371 g/mol. The van der Waals surface area contributed by atoms with Crippen molar-refractivity contribution in [2.24, 2.45) is 0 Å². The van der Waals surface area contributed by atoms with Crippen LogP contribution in [0, 0.1) is 0 Å². The Morgan fingerprint density at radius 1 is 1.23 bits per heavy atom. The van der Waals surface area contributed by atoms with Crippen LogP contribution in [0.4, 0.5) is 0 Å². The Morgan fingerprint density at radius 3 is 2.36 bits per heavy atom. The van der Waals surface area contributed by atoms with Crippen molar-refractivity contribution in [1.82, 2.24) is 0 Å². The van der Waals surface area contributed by atoms with E-state index in [0.29, 0.717) is 6.42 Å². The van der Waals surface area contributed by atoms with Crippen molar-refractivity contribution in [2.75, 3.05) is 13.2 Å². The number of esters is 1. The largest absolute Gasteiger partial charge is 0.456 e. The second kappa shape index (κ2) is 7.73. The van der Waals surface area contributed by atoms with Crippen LogP contribution in [-0.2, 0) is 23.1 Å². The van der Waals surface area contributed by atoms with E-state index in [-0.39, 0.29) is 25.6 Å². The van der Waals surface area contributed by atoms with Gasteiger partial charge in [0.1, 0.15) is 11.8 Å². The number of halogens is 1. The monoisotopic (exact) mass is 390 g/mol. The van der Waals surface area contributed by atoms with Crippen LogP contribution in [0.1, 0.15) is 38.4 Å². The molecule has 1 heterocycles. The summed E-state index contributed by atoms with van der Waals surface area (Å²) in [6.07, 6.45) is 0.0388. The number of hydrogen-bond acceptors (Lipinski definition) is 5. The van der Waals surface area contributed by atoms with Crippen molar-refractivity contribution in [3.63, 3.8) is 0 Å². The first-order chi connectivity index (χ1) is 10.5. The Kier molecular flexibility index (Phi) is 6.21. The van der Waals surface area contributed by atoms with Crippen LogP contribution in [0.2, 0.25) is 0 Å². The third-order valence-corrected chi connectivity index (χ3v) is 6.58. The Hall–Kier alpha value is -0.680. The van der Waals surface area contributed by atoms with Gasteiger partial charge < -0.3 is 13.8 Å². The highest BCUT2D eigenvalue weighted by molar-refractivity contribution is 9.10. The average Bonchev–Trinajstić information content (AvgIpc) is 2.48. The van der Waals surface area contributed by atoms with E-state index in [4.69, 9.17) is 13.8 Å². The molecule has 22 heavy (non-hydrogen) atoms. The summed E-state index contributed by atoms with van der Waals surface area (Å²) in [5.41, 5.74) is 0.312. The molecule has 0 saturated carbocycles. The highest BCUT2D eigenvalue weighted by Crippen LogP contribution is 2.60. The molecule has 0 amide bonds. The zero-order chi connectivity index (χ0) is 16.2. The van der Waals surface area contributed by atoms with Crippen molar-refractivity contribution < 1.29 is 23.1 Å². The molecule has 1 aliphatic rings. The molecule has 122 valence electrons. The van der Waals surface area contributed by atoms with Crippen molar-refractivity contribution >= 4 is 29.5 Å². The first-order valence-corrected chi connectivity index (χ1v) is 9.74. The zero-order valence-corrected chi connectivity index (χ0v) is 15.1. The maximum absolute atomic E-state index is 13.1. The first kappa shape index (κ1) is 17.7. The number of ether oxygens (including phenoxy) is 1. The van der Waals surface area contributed by atoms with E-state index in [0.717, 1.165) is 10.0 Å². The van der Waals surface area contributed by atoms with E-state index in [9.17, 15) is 9.36 Å². The van der Waals surface area contributed by atoms with Gasteiger partial charge in [-0.2, -0.15) is 0 Å². The smallest absolute Gasteiger partial charge is 0.337 e. The van der Waals surface area contributed by atoms with Crippen LogP contribution < -0.4 is 0 Å². The Bertz CT molecular complexity index is 550. The summed E-state index contributed by atoms with van der Waals surface area (Å²) in [7, 11) is -3.34. The number of cyclic esters (lactones) is 1. The zero-order valence-electron chi connectivity index (χ0n) is 12.7. The number of rotatable bonds is 6. The normalized spacial score (nSPS) is 22.4. The molecule has 0 aliphatic carbocycles. The van der Waals surface area contributed by atoms with Crippen LogP contribution in [0.15, 0.2) is 28.7 Å².